The van der Waals surface area contributed by atoms with Crippen LogP contribution in [0.2, 0.25) is 5.02 Å². The lowest BCUT2D eigenvalue weighted by Crippen LogP contribution is -2.18. The first-order valence-electron chi connectivity index (χ1n) is 6.51. The smallest absolute Gasteiger partial charge is 0.299 e. The summed E-state index contributed by atoms with van der Waals surface area (Å²) in [6.07, 6.45) is 0. The Morgan fingerprint density at radius 2 is 2.00 bits per heavy atom. The van der Waals surface area contributed by atoms with Crippen LogP contribution in [0.5, 0.6) is 0 Å². The van der Waals surface area contributed by atoms with E-state index in [1.54, 1.807) is 11.8 Å². The molecule has 2 heterocycles. The molecule has 2 N–H and O–H groups in total. The van der Waals surface area contributed by atoms with Crippen molar-refractivity contribution in [1.29, 1.82) is 0 Å². The molecule has 3 aromatic rings. The van der Waals surface area contributed by atoms with Crippen molar-refractivity contribution >= 4 is 62.2 Å². The maximum atomic E-state index is 11.8. The van der Waals surface area contributed by atoms with Gasteiger partial charge in [0.1, 0.15) is 0 Å². The number of nitrogens with one attached hydrogen (secondary N) is 2. The topological polar surface area (TPSA) is 66.9 Å². The van der Waals surface area contributed by atoms with Gasteiger partial charge in [0.05, 0.1) is 5.00 Å². The van der Waals surface area contributed by atoms with Gasteiger partial charge in [-0.1, -0.05) is 46.8 Å². The standard InChI is InChI=1S/C14H11ClN4OS3/c15-10-5-3-9(4-6-10)8-22-14-19-18-13(23-14)17-12(20)16-11-2-1-7-21-11/h1-7H,8H2,(H2,16,17,18,20). The predicted molar refractivity (Wildman–Crippen MR) is 97.9 cm³/mol. The van der Waals surface area contributed by atoms with E-state index in [2.05, 4.69) is 20.8 Å². The van der Waals surface area contributed by atoms with Gasteiger partial charge in [0.25, 0.3) is 0 Å². The number of carbonyl (C=O) groups excluding carboxylic acids is 1. The Morgan fingerprint density at radius 3 is 2.74 bits per heavy atom. The minimum absolute atomic E-state index is 0.321. The van der Waals surface area contributed by atoms with Gasteiger partial charge in [-0.3, -0.25) is 10.6 Å². The van der Waals surface area contributed by atoms with Crippen LogP contribution in [0.15, 0.2) is 46.1 Å². The second-order valence-electron chi connectivity index (χ2n) is 4.34. The van der Waals surface area contributed by atoms with Gasteiger partial charge in [0, 0.05) is 10.8 Å². The number of urea groups is 1. The first-order chi connectivity index (χ1) is 11.2. The van der Waals surface area contributed by atoms with E-state index in [9.17, 15) is 4.79 Å². The zero-order chi connectivity index (χ0) is 16.1. The number of carbonyl (C=O) groups is 1. The van der Waals surface area contributed by atoms with Crippen molar-refractivity contribution in [2.45, 2.75) is 10.1 Å². The number of hydrogen-bond acceptors (Lipinski definition) is 6. The maximum Gasteiger partial charge on any atom is 0.326 e. The number of benzene rings is 1. The molecule has 2 aromatic heterocycles. The number of anilines is 2. The average molecular weight is 383 g/mol. The number of thioether (sulfide) groups is 1. The summed E-state index contributed by atoms with van der Waals surface area (Å²) in [6.45, 7) is 0. The first kappa shape index (κ1) is 16.3. The molecular weight excluding hydrogens is 372 g/mol. The van der Waals surface area contributed by atoms with E-state index in [-0.39, 0.29) is 6.03 Å². The molecule has 0 aliphatic rings. The highest BCUT2D eigenvalue weighted by molar-refractivity contribution is 8.00. The van der Waals surface area contributed by atoms with Crippen LogP contribution in [0.1, 0.15) is 5.56 Å². The van der Waals surface area contributed by atoms with E-state index in [1.807, 2.05) is 41.8 Å². The summed E-state index contributed by atoms with van der Waals surface area (Å²) in [5, 5.41) is 17.3. The summed E-state index contributed by atoms with van der Waals surface area (Å²) in [4.78, 5) is 11.8. The average Bonchev–Trinajstić information content (AvgIpc) is 3.19. The third kappa shape index (κ3) is 4.93. The molecule has 9 heteroatoms. The summed E-state index contributed by atoms with van der Waals surface area (Å²) in [5.74, 6) is 0.771. The highest BCUT2D eigenvalue weighted by Gasteiger charge is 2.09. The van der Waals surface area contributed by atoms with Crippen LogP contribution < -0.4 is 10.6 Å². The molecule has 2 amide bonds. The van der Waals surface area contributed by atoms with Crippen LogP contribution >= 0.6 is 46.0 Å². The molecule has 0 fully saturated rings. The van der Waals surface area contributed by atoms with Gasteiger partial charge >= 0.3 is 6.03 Å². The van der Waals surface area contributed by atoms with Crippen molar-refractivity contribution < 1.29 is 4.79 Å². The summed E-state index contributed by atoms with van der Waals surface area (Å²) >= 11 is 10.2. The van der Waals surface area contributed by atoms with Crippen LogP contribution in [-0.4, -0.2) is 16.2 Å². The van der Waals surface area contributed by atoms with Crippen LogP contribution in [0.3, 0.4) is 0 Å². The van der Waals surface area contributed by atoms with Crippen molar-refractivity contribution in [2.75, 3.05) is 10.6 Å². The van der Waals surface area contributed by atoms with Gasteiger partial charge in [-0.15, -0.1) is 21.5 Å². The highest BCUT2D eigenvalue weighted by atomic mass is 35.5. The normalized spacial score (nSPS) is 10.5. The van der Waals surface area contributed by atoms with Gasteiger partial charge in [0.2, 0.25) is 5.13 Å². The second-order valence-corrected chi connectivity index (χ2v) is 7.93. The molecular formula is C14H11ClN4OS3. The van der Waals surface area contributed by atoms with Gasteiger partial charge in [0.15, 0.2) is 4.34 Å². The minimum atomic E-state index is -0.321. The predicted octanol–water partition coefficient (Wildman–Crippen LogP) is 5.19. The monoisotopic (exact) mass is 382 g/mol. The third-order valence-electron chi connectivity index (χ3n) is 2.66. The zero-order valence-corrected chi connectivity index (χ0v) is 14.9. The fourth-order valence-corrected chi connectivity index (χ4v) is 4.08. The van der Waals surface area contributed by atoms with E-state index in [1.165, 1.54) is 22.7 Å². The molecule has 3 rings (SSSR count). The Morgan fingerprint density at radius 1 is 1.17 bits per heavy atom. The van der Waals surface area contributed by atoms with Crippen LogP contribution in [0.25, 0.3) is 0 Å². The fourth-order valence-electron chi connectivity index (χ4n) is 1.63. The second kappa shape index (κ2) is 7.78. The Hall–Kier alpha value is -1.61. The number of nitrogens with zero attached hydrogens (tertiary/aromatic N) is 2. The van der Waals surface area contributed by atoms with Crippen molar-refractivity contribution in [2.24, 2.45) is 0 Å². The number of thiophene rings is 1. The zero-order valence-electron chi connectivity index (χ0n) is 11.7. The SMILES string of the molecule is O=C(Nc1cccs1)Nc1nnc(SCc2ccc(Cl)cc2)s1. The van der Waals surface area contributed by atoms with Crippen LogP contribution in [-0.2, 0) is 5.75 Å². The van der Waals surface area contributed by atoms with Crippen molar-refractivity contribution in [1.82, 2.24) is 10.2 Å². The summed E-state index contributed by atoms with van der Waals surface area (Å²) < 4.78 is 0.798. The number of amides is 2. The summed E-state index contributed by atoms with van der Waals surface area (Å²) in [6, 6.07) is 11.1. The first-order valence-corrected chi connectivity index (χ1v) is 9.57. The number of aromatic nitrogens is 2. The maximum absolute atomic E-state index is 11.8. The molecule has 1 aromatic carbocycles. The molecule has 0 radical (unpaired) electrons. The van der Waals surface area contributed by atoms with Gasteiger partial charge in [-0.25, -0.2) is 4.79 Å². The summed E-state index contributed by atoms with van der Waals surface area (Å²) in [5.41, 5.74) is 1.15. The molecule has 23 heavy (non-hydrogen) atoms. The Labute approximate surface area is 150 Å². The molecule has 0 saturated heterocycles. The van der Waals surface area contributed by atoms with Crippen LogP contribution in [0.4, 0.5) is 14.9 Å². The third-order valence-corrected chi connectivity index (χ3v) is 5.74. The number of rotatable bonds is 5. The van der Waals surface area contributed by atoms with Crippen molar-refractivity contribution in [3.05, 3.63) is 52.4 Å². The van der Waals surface area contributed by atoms with Crippen molar-refractivity contribution in [3.63, 3.8) is 0 Å². The highest BCUT2D eigenvalue weighted by Crippen LogP contribution is 2.28. The molecule has 0 bridgehead atoms. The lowest BCUT2D eigenvalue weighted by atomic mass is 10.2. The molecule has 118 valence electrons. The van der Waals surface area contributed by atoms with Gasteiger partial charge < -0.3 is 0 Å². The molecule has 0 saturated carbocycles. The van der Waals surface area contributed by atoms with E-state index >= 15 is 0 Å². The fraction of sp³-hybridized carbons (Fsp3) is 0.0714. The van der Waals surface area contributed by atoms with E-state index in [0.717, 1.165) is 25.7 Å². The quantitative estimate of drug-likeness (QED) is 0.470. The Balaban J connectivity index is 1.51. The lowest BCUT2D eigenvalue weighted by Gasteiger charge is -2.01. The van der Waals surface area contributed by atoms with E-state index in [0.29, 0.717) is 5.13 Å². The summed E-state index contributed by atoms with van der Waals surface area (Å²) in [7, 11) is 0. The Bertz CT molecular complexity index is 774. The van der Waals surface area contributed by atoms with Gasteiger partial charge in [-0.05, 0) is 35.2 Å². The van der Waals surface area contributed by atoms with Crippen molar-refractivity contribution in [3.8, 4) is 0 Å². The number of halogens is 1. The lowest BCUT2D eigenvalue weighted by molar-refractivity contribution is 0.262. The molecule has 0 aliphatic heterocycles. The molecule has 0 unspecified atom stereocenters. The van der Waals surface area contributed by atoms with E-state index in [4.69, 9.17) is 11.6 Å². The minimum Gasteiger partial charge on any atom is -0.299 e. The number of hydrogen-bond donors (Lipinski definition) is 2. The Kier molecular flexibility index (Phi) is 5.50. The van der Waals surface area contributed by atoms with Gasteiger partial charge in [-0.2, -0.15) is 0 Å². The molecule has 5 nitrogen and oxygen atoms in total. The largest absolute Gasteiger partial charge is 0.326 e. The molecule has 0 aliphatic carbocycles. The molecule has 0 spiro atoms. The molecule has 0 atom stereocenters. The van der Waals surface area contributed by atoms with E-state index < -0.39 is 0 Å². The van der Waals surface area contributed by atoms with Crippen LogP contribution in [0, 0.1) is 0 Å².